The van der Waals surface area contributed by atoms with Crippen molar-refractivity contribution in [3.63, 3.8) is 0 Å². The molecule has 2 aliphatic rings. The summed E-state index contributed by atoms with van der Waals surface area (Å²) in [6.45, 7) is 6.92. The number of esters is 1. The molecule has 25 heavy (non-hydrogen) atoms. The molecule has 0 bridgehead atoms. The fraction of sp³-hybridized carbons (Fsp3) is 0.632. The van der Waals surface area contributed by atoms with Gasteiger partial charge >= 0.3 is 5.97 Å². The number of rotatable bonds is 6. The van der Waals surface area contributed by atoms with Crippen LogP contribution >= 0.6 is 0 Å². The van der Waals surface area contributed by atoms with Gasteiger partial charge in [-0.15, -0.1) is 0 Å². The van der Waals surface area contributed by atoms with Gasteiger partial charge in [-0.25, -0.2) is 0 Å². The van der Waals surface area contributed by atoms with Crippen LogP contribution in [-0.2, 0) is 19.0 Å². The molecule has 6 heteroatoms. The number of methoxy groups -OCH3 is 1. The van der Waals surface area contributed by atoms with Crippen molar-refractivity contribution in [2.75, 3.05) is 66.3 Å². The Bertz CT molecular complexity index is 527. The summed E-state index contributed by atoms with van der Waals surface area (Å²) in [5.41, 5.74) is 1.16. The second-order valence-corrected chi connectivity index (χ2v) is 6.55. The summed E-state index contributed by atoms with van der Waals surface area (Å²) < 4.78 is 16.2. The third-order valence-corrected chi connectivity index (χ3v) is 5.02. The lowest BCUT2D eigenvalue weighted by Gasteiger charge is -2.40. The van der Waals surface area contributed by atoms with Crippen LogP contribution in [0.4, 0.5) is 0 Å². The van der Waals surface area contributed by atoms with Crippen molar-refractivity contribution in [3.05, 3.63) is 35.9 Å². The van der Waals surface area contributed by atoms with Crippen LogP contribution in [0.1, 0.15) is 11.6 Å². The van der Waals surface area contributed by atoms with Gasteiger partial charge in [0.2, 0.25) is 0 Å². The number of carbonyl (C=O) groups excluding carboxylic acids is 1. The van der Waals surface area contributed by atoms with Crippen LogP contribution in [0.2, 0.25) is 0 Å². The molecule has 2 fully saturated rings. The molecule has 6 nitrogen and oxygen atoms in total. The molecule has 0 saturated carbocycles. The Hall–Kier alpha value is -1.47. The van der Waals surface area contributed by atoms with Crippen molar-refractivity contribution in [2.24, 2.45) is 5.92 Å². The number of nitrogens with zero attached hydrogens (tertiary/aromatic N) is 2. The van der Waals surface area contributed by atoms with Crippen LogP contribution in [0.3, 0.4) is 0 Å². The zero-order chi connectivity index (χ0) is 17.5. The summed E-state index contributed by atoms with van der Waals surface area (Å²) in [5.74, 6) is -0.379. The fourth-order valence-electron chi connectivity index (χ4n) is 3.72. The molecular weight excluding hydrogens is 320 g/mol. The largest absolute Gasteiger partial charge is 0.469 e. The SMILES string of the molecule is COC(=O)[C@H](CN1CCOCC1)[C@@H](c1ccccc1)N1CCOCC1. The first kappa shape index (κ1) is 18.3. The number of morpholine rings is 2. The van der Waals surface area contributed by atoms with E-state index in [1.165, 1.54) is 7.11 Å². The highest BCUT2D eigenvalue weighted by Crippen LogP contribution is 2.31. The lowest BCUT2D eigenvalue weighted by molar-refractivity contribution is -0.150. The Labute approximate surface area is 149 Å². The Morgan fingerprint density at radius 2 is 1.64 bits per heavy atom. The van der Waals surface area contributed by atoms with E-state index < -0.39 is 0 Å². The first-order chi connectivity index (χ1) is 12.3. The van der Waals surface area contributed by atoms with E-state index in [0.717, 1.165) is 45.0 Å². The van der Waals surface area contributed by atoms with Crippen molar-refractivity contribution < 1.29 is 19.0 Å². The summed E-state index contributed by atoms with van der Waals surface area (Å²) in [6, 6.07) is 10.3. The number of hydrogen-bond donors (Lipinski definition) is 0. The van der Waals surface area contributed by atoms with E-state index in [2.05, 4.69) is 21.9 Å². The topological polar surface area (TPSA) is 51.2 Å². The second-order valence-electron chi connectivity index (χ2n) is 6.55. The van der Waals surface area contributed by atoms with Crippen molar-refractivity contribution >= 4 is 5.97 Å². The minimum absolute atomic E-state index is 0.000366. The molecule has 138 valence electrons. The maximum atomic E-state index is 12.7. The van der Waals surface area contributed by atoms with Crippen LogP contribution in [0.25, 0.3) is 0 Å². The van der Waals surface area contributed by atoms with Crippen molar-refractivity contribution in [1.82, 2.24) is 9.80 Å². The summed E-state index contributed by atoms with van der Waals surface area (Å²) in [6.07, 6.45) is 0. The molecule has 1 aromatic carbocycles. The molecule has 3 rings (SSSR count). The third kappa shape index (κ3) is 4.79. The van der Waals surface area contributed by atoms with E-state index in [1.807, 2.05) is 18.2 Å². The van der Waals surface area contributed by atoms with Crippen LogP contribution < -0.4 is 0 Å². The van der Waals surface area contributed by atoms with Crippen molar-refractivity contribution in [1.29, 1.82) is 0 Å². The maximum Gasteiger partial charge on any atom is 0.311 e. The Balaban J connectivity index is 1.86. The summed E-state index contributed by atoms with van der Waals surface area (Å²) in [5, 5.41) is 0. The van der Waals surface area contributed by atoms with Gasteiger partial charge < -0.3 is 14.2 Å². The maximum absolute atomic E-state index is 12.7. The molecule has 0 spiro atoms. The first-order valence-corrected chi connectivity index (χ1v) is 9.04. The molecule has 0 amide bonds. The highest BCUT2D eigenvalue weighted by Gasteiger charge is 2.37. The van der Waals surface area contributed by atoms with Crippen LogP contribution in [0, 0.1) is 5.92 Å². The number of ether oxygens (including phenoxy) is 3. The average Bonchev–Trinajstić information content (AvgIpc) is 2.69. The minimum Gasteiger partial charge on any atom is -0.469 e. The molecule has 0 aromatic heterocycles. The quantitative estimate of drug-likeness (QED) is 0.720. The second kappa shape index (κ2) is 9.29. The normalized spacial score (nSPS) is 22.3. The monoisotopic (exact) mass is 348 g/mol. The smallest absolute Gasteiger partial charge is 0.311 e. The molecule has 2 saturated heterocycles. The van der Waals surface area contributed by atoms with E-state index in [4.69, 9.17) is 14.2 Å². The number of carbonyl (C=O) groups is 1. The Morgan fingerprint density at radius 3 is 2.24 bits per heavy atom. The van der Waals surface area contributed by atoms with Crippen LogP contribution in [-0.4, -0.2) is 82.0 Å². The van der Waals surface area contributed by atoms with Gasteiger partial charge in [0.15, 0.2) is 0 Å². The zero-order valence-electron chi connectivity index (χ0n) is 14.9. The molecule has 0 aliphatic carbocycles. The van der Waals surface area contributed by atoms with Gasteiger partial charge in [0.05, 0.1) is 39.5 Å². The van der Waals surface area contributed by atoms with E-state index >= 15 is 0 Å². The average molecular weight is 348 g/mol. The predicted octanol–water partition coefficient (Wildman–Crippen LogP) is 1.18. The van der Waals surface area contributed by atoms with Gasteiger partial charge in [-0.2, -0.15) is 0 Å². The number of benzene rings is 1. The Morgan fingerprint density at radius 1 is 1.04 bits per heavy atom. The first-order valence-electron chi connectivity index (χ1n) is 9.04. The van der Waals surface area contributed by atoms with E-state index in [-0.39, 0.29) is 17.9 Å². The zero-order valence-corrected chi connectivity index (χ0v) is 14.9. The molecule has 2 heterocycles. The van der Waals surface area contributed by atoms with Crippen LogP contribution in [0.5, 0.6) is 0 Å². The highest BCUT2D eigenvalue weighted by atomic mass is 16.5. The highest BCUT2D eigenvalue weighted by molar-refractivity contribution is 5.73. The molecule has 1 aromatic rings. The van der Waals surface area contributed by atoms with E-state index in [9.17, 15) is 4.79 Å². The van der Waals surface area contributed by atoms with E-state index in [0.29, 0.717) is 19.8 Å². The molecule has 0 N–H and O–H groups in total. The number of hydrogen-bond acceptors (Lipinski definition) is 6. The Kier molecular flexibility index (Phi) is 6.81. The van der Waals surface area contributed by atoms with Gasteiger partial charge in [0.1, 0.15) is 0 Å². The standard InChI is InChI=1S/C19H28N2O4/c1-23-19(22)17(15-20-7-11-24-12-8-20)18(16-5-3-2-4-6-16)21-9-13-25-14-10-21/h2-6,17-18H,7-15H2,1H3/t17-,18-/m1/s1. The molecular formula is C19H28N2O4. The van der Waals surface area contributed by atoms with Gasteiger partial charge in [-0.1, -0.05) is 30.3 Å². The summed E-state index contributed by atoms with van der Waals surface area (Å²) in [7, 11) is 1.48. The van der Waals surface area contributed by atoms with Gasteiger partial charge in [0.25, 0.3) is 0 Å². The van der Waals surface area contributed by atoms with Crippen LogP contribution in [0.15, 0.2) is 30.3 Å². The lowest BCUT2D eigenvalue weighted by Crippen LogP contribution is -2.49. The van der Waals surface area contributed by atoms with E-state index in [1.54, 1.807) is 0 Å². The molecule has 0 radical (unpaired) electrons. The lowest BCUT2D eigenvalue weighted by atomic mass is 9.90. The van der Waals surface area contributed by atoms with Gasteiger partial charge in [-0.05, 0) is 5.56 Å². The minimum atomic E-state index is -0.233. The molecule has 2 aliphatic heterocycles. The fourth-order valence-corrected chi connectivity index (χ4v) is 3.72. The van der Waals surface area contributed by atoms with Crippen molar-refractivity contribution in [3.8, 4) is 0 Å². The predicted molar refractivity (Wildman–Crippen MR) is 94.3 cm³/mol. The molecule has 2 atom stereocenters. The van der Waals surface area contributed by atoms with Crippen molar-refractivity contribution in [2.45, 2.75) is 6.04 Å². The summed E-state index contributed by atoms with van der Waals surface area (Å²) in [4.78, 5) is 17.4. The van der Waals surface area contributed by atoms with Gasteiger partial charge in [-0.3, -0.25) is 14.6 Å². The third-order valence-electron chi connectivity index (χ3n) is 5.02. The molecule has 0 unspecified atom stereocenters. The summed E-state index contributed by atoms with van der Waals surface area (Å²) >= 11 is 0. The van der Waals surface area contributed by atoms with Gasteiger partial charge in [0, 0.05) is 38.8 Å².